The first-order valence-corrected chi connectivity index (χ1v) is 7.98. The van der Waals surface area contributed by atoms with Crippen LogP contribution in [0.4, 0.5) is 5.69 Å². The number of esters is 1. The quantitative estimate of drug-likeness (QED) is 0.823. The molecule has 1 aromatic carbocycles. The summed E-state index contributed by atoms with van der Waals surface area (Å²) >= 11 is 0. The number of anilines is 1. The Bertz CT molecular complexity index is 708. The van der Waals surface area contributed by atoms with Crippen LogP contribution in [0.3, 0.4) is 0 Å². The highest BCUT2D eigenvalue weighted by Gasteiger charge is 2.20. The van der Waals surface area contributed by atoms with Gasteiger partial charge >= 0.3 is 5.97 Å². The molecule has 0 atom stereocenters. The molecule has 0 aliphatic rings. The Balaban J connectivity index is 2.03. The molecule has 0 unspecified atom stereocenters. The van der Waals surface area contributed by atoms with Gasteiger partial charge in [0.15, 0.2) is 6.61 Å². The molecule has 0 spiro atoms. The highest BCUT2D eigenvalue weighted by Crippen LogP contribution is 2.22. The van der Waals surface area contributed by atoms with Gasteiger partial charge in [-0.25, -0.2) is 4.79 Å². The molecule has 1 aromatic heterocycles. The molecule has 0 fully saturated rings. The maximum absolute atomic E-state index is 12.2. The minimum absolute atomic E-state index is 0.269. The van der Waals surface area contributed by atoms with Crippen LogP contribution in [0.25, 0.3) is 0 Å². The number of rotatable bonds is 6. The number of nitrogens with zero attached hydrogens (tertiary/aromatic N) is 1. The Morgan fingerprint density at radius 2 is 1.79 bits per heavy atom. The molecule has 24 heavy (non-hydrogen) atoms. The van der Waals surface area contributed by atoms with Gasteiger partial charge in [0, 0.05) is 5.69 Å². The fraction of sp³-hybridized carbons (Fsp3) is 0.389. The Kier molecular flexibility index (Phi) is 5.73. The van der Waals surface area contributed by atoms with E-state index in [4.69, 9.17) is 9.26 Å². The van der Waals surface area contributed by atoms with Gasteiger partial charge in [0.1, 0.15) is 11.3 Å². The van der Waals surface area contributed by atoms with Crippen molar-refractivity contribution < 1.29 is 18.8 Å². The van der Waals surface area contributed by atoms with E-state index in [9.17, 15) is 9.59 Å². The molecule has 2 rings (SSSR count). The zero-order valence-electron chi connectivity index (χ0n) is 14.4. The summed E-state index contributed by atoms with van der Waals surface area (Å²) in [6.07, 6.45) is 1.62. The number of benzene rings is 1. The van der Waals surface area contributed by atoms with E-state index in [2.05, 4.69) is 10.5 Å². The van der Waals surface area contributed by atoms with Gasteiger partial charge in [-0.15, -0.1) is 0 Å². The average molecular weight is 330 g/mol. The van der Waals surface area contributed by atoms with E-state index in [0.717, 1.165) is 29.7 Å². The summed E-state index contributed by atoms with van der Waals surface area (Å²) in [6.45, 7) is 6.98. The molecule has 0 radical (unpaired) electrons. The van der Waals surface area contributed by atoms with Gasteiger partial charge in [0.05, 0.1) is 5.69 Å². The molecule has 0 aliphatic heterocycles. The average Bonchev–Trinajstić information content (AvgIpc) is 2.91. The lowest BCUT2D eigenvalue weighted by atomic mass is 10.0. The molecule has 1 N–H and O–H groups in total. The number of hydrogen-bond donors (Lipinski definition) is 1. The molecular formula is C18H22N2O4. The van der Waals surface area contributed by atoms with Crippen molar-refractivity contribution in [2.24, 2.45) is 0 Å². The molecule has 6 nitrogen and oxygen atoms in total. The van der Waals surface area contributed by atoms with Crippen LogP contribution in [0.15, 0.2) is 22.7 Å². The molecule has 0 aliphatic carbocycles. The van der Waals surface area contributed by atoms with Crippen molar-refractivity contribution in [3.63, 3.8) is 0 Å². The number of aryl methyl sites for hydroxylation is 4. The third-order valence-corrected chi connectivity index (χ3v) is 3.84. The minimum Gasteiger partial charge on any atom is -0.452 e. The van der Waals surface area contributed by atoms with Crippen molar-refractivity contribution in [1.82, 2.24) is 5.16 Å². The maximum Gasteiger partial charge on any atom is 0.344 e. The van der Waals surface area contributed by atoms with Gasteiger partial charge in [-0.1, -0.05) is 37.2 Å². The van der Waals surface area contributed by atoms with Crippen molar-refractivity contribution >= 4 is 17.6 Å². The van der Waals surface area contributed by atoms with Crippen molar-refractivity contribution in [2.75, 3.05) is 11.9 Å². The summed E-state index contributed by atoms with van der Waals surface area (Å²) in [6, 6.07) is 5.93. The lowest BCUT2D eigenvalue weighted by molar-refractivity contribution is -0.119. The van der Waals surface area contributed by atoms with Crippen LogP contribution in [0, 0.1) is 13.8 Å². The number of hydrogen-bond acceptors (Lipinski definition) is 5. The van der Waals surface area contributed by atoms with Crippen LogP contribution < -0.4 is 5.32 Å². The zero-order chi connectivity index (χ0) is 17.7. The molecule has 128 valence electrons. The molecule has 0 saturated heterocycles. The summed E-state index contributed by atoms with van der Waals surface area (Å²) in [5.41, 5.74) is 3.63. The molecule has 2 aromatic rings. The maximum atomic E-state index is 12.2. The van der Waals surface area contributed by atoms with Crippen LogP contribution in [-0.4, -0.2) is 23.6 Å². The molecule has 1 amide bonds. The second-order valence-electron chi connectivity index (χ2n) is 5.48. The normalized spacial score (nSPS) is 10.5. The Hall–Kier alpha value is -2.63. The Morgan fingerprint density at radius 3 is 2.29 bits per heavy atom. The first-order valence-electron chi connectivity index (χ1n) is 7.98. The van der Waals surface area contributed by atoms with E-state index in [1.165, 1.54) is 0 Å². The Morgan fingerprint density at radius 1 is 1.17 bits per heavy atom. The van der Waals surface area contributed by atoms with Gasteiger partial charge in [-0.3, -0.25) is 4.79 Å². The summed E-state index contributed by atoms with van der Waals surface area (Å²) < 4.78 is 10.0. The van der Waals surface area contributed by atoms with Gasteiger partial charge in [-0.05, 0) is 37.8 Å². The summed E-state index contributed by atoms with van der Waals surface area (Å²) in [4.78, 5) is 24.2. The van der Waals surface area contributed by atoms with Crippen molar-refractivity contribution in [1.29, 1.82) is 0 Å². The lowest BCUT2D eigenvalue weighted by Gasteiger charge is -2.14. The minimum atomic E-state index is -0.610. The standard InChI is InChI=1S/C18H22N2O4/c1-5-13-8-7-9-14(6-2)17(13)19-15(21)10-23-18(22)16-11(3)20-24-12(16)4/h7-9H,5-6,10H2,1-4H3,(H,19,21). The Labute approximate surface area is 141 Å². The number of aromatic nitrogens is 1. The lowest BCUT2D eigenvalue weighted by Crippen LogP contribution is -2.22. The third-order valence-electron chi connectivity index (χ3n) is 3.84. The largest absolute Gasteiger partial charge is 0.452 e. The van der Waals surface area contributed by atoms with E-state index >= 15 is 0 Å². The number of carbonyl (C=O) groups is 2. The van der Waals surface area contributed by atoms with E-state index in [0.29, 0.717) is 11.5 Å². The fourth-order valence-electron chi connectivity index (χ4n) is 2.56. The van der Waals surface area contributed by atoms with Gasteiger partial charge in [0.25, 0.3) is 5.91 Å². The number of para-hydroxylation sites is 1. The fourth-order valence-corrected chi connectivity index (χ4v) is 2.56. The van der Waals surface area contributed by atoms with Gasteiger partial charge in [-0.2, -0.15) is 0 Å². The smallest absolute Gasteiger partial charge is 0.344 e. The number of nitrogens with one attached hydrogen (secondary N) is 1. The second-order valence-corrected chi connectivity index (χ2v) is 5.48. The summed E-state index contributed by atoms with van der Waals surface area (Å²) in [7, 11) is 0. The second kappa shape index (κ2) is 7.77. The van der Waals surface area contributed by atoms with E-state index < -0.39 is 5.97 Å². The SMILES string of the molecule is CCc1cccc(CC)c1NC(=O)COC(=O)c1c(C)noc1C. The number of amides is 1. The highest BCUT2D eigenvalue weighted by atomic mass is 16.5. The molecule has 6 heteroatoms. The van der Waals surface area contributed by atoms with Crippen LogP contribution >= 0.6 is 0 Å². The molecular weight excluding hydrogens is 308 g/mol. The summed E-state index contributed by atoms with van der Waals surface area (Å²) in [5, 5.41) is 6.56. The van der Waals surface area contributed by atoms with Crippen molar-refractivity contribution in [3.05, 3.63) is 46.3 Å². The molecule has 0 saturated carbocycles. The number of carbonyl (C=O) groups excluding carboxylic acids is 2. The summed E-state index contributed by atoms with van der Waals surface area (Å²) in [5.74, 6) is -0.603. The first-order chi connectivity index (χ1) is 11.5. The topological polar surface area (TPSA) is 81.4 Å². The monoisotopic (exact) mass is 330 g/mol. The van der Waals surface area contributed by atoms with Crippen LogP contribution in [0.2, 0.25) is 0 Å². The predicted octanol–water partition coefficient (Wildman–Crippen LogP) is 3.21. The van der Waals surface area contributed by atoms with Crippen molar-refractivity contribution in [2.45, 2.75) is 40.5 Å². The predicted molar refractivity (Wildman–Crippen MR) is 90.1 cm³/mol. The molecule has 0 bridgehead atoms. The van der Waals surface area contributed by atoms with Crippen LogP contribution in [0.5, 0.6) is 0 Å². The van der Waals surface area contributed by atoms with E-state index in [-0.39, 0.29) is 18.1 Å². The van der Waals surface area contributed by atoms with Crippen molar-refractivity contribution in [3.8, 4) is 0 Å². The van der Waals surface area contributed by atoms with Crippen LogP contribution in [0.1, 0.15) is 46.8 Å². The molecule has 1 heterocycles. The number of ether oxygens (including phenoxy) is 1. The van der Waals surface area contributed by atoms with E-state index in [1.54, 1.807) is 13.8 Å². The van der Waals surface area contributed by atoms with Crippen LogP contribution in [-0.2, 0) is 22.4 Å². The zero-order valence-corrected chi connectivity index (χ0v) is 14.4. The van der Waals surface area contributed by atoms with E-state index in [1.807, 2.05) is 32.0 Å². The van der Waals surface area contributed by atoms with Gasteiger partial charge in [0.2, 0.25) is 0 Å². The highest BCUT2D eigenvalue weighted by molar-refractivity contribution is 5.97. The third kappa shape index (κ3) is 3.82. The first kappa shape index (κ1) is 17.7. The van der Waals surface area contributed by atoms with Gasteiger partial charge < -0.3 is 14.6 Å².